The van der Waals surface area contributed by atoms with Crippen molar-refractivity contribution in [3.63, 3.8) is 0 Å². The zero-order valence-electron chi connectivity index (χ0n) is 30.4. The van der Waals surface area contributed by atoms with E-state index in [9.17, 15) is 59.2 Å². The molecule has 1 fully saturated rings. The highest BCUT2D eigenvalue weighted by Gasteiger charge is 2.42. The molecule has 2 amide bonds. The van der Waals surface area contributed by atoms with Gasteiger partial charge in [-0.3, -0.25) is 4.79 Å². The molecule has 0 aromatic heterocycles. The highest BCUT2D eigenvalue weighted by Crippen LogP contribution is 2.39. The van der Waals surface area contributed by atoms with Gasteiger partial charge in [-0.25, -0.2) is 13.6 Å². The molecule has 1 atom stereocenters. The summed E-state index contributed by atoms with van der Waals surface area (Å²) in [6.07, 6.45) is -7.96. The maximum absolute atomic E-state index is 14.4. The average molecular weight is 834 g/mol. The van der Waals surface area contributed by atoms with Crippen LogP contribution < -0.4 is 4.74 Å². The molecule has 0 bridgehead atoms. The van der Waals surface area contributed by atoms with Crippen LogP contribution in [0.25, 0.3) is 5.57 Å². The Labute approximate surface area is 325 Å². The fourth-order valence-corrected chi connectivity index (χ4v) is 6.21. The standard InChI is InChI=1S/C38H36F9N3O8/c39-31-9-10-32(40)34(33(31)41)56-13-1-2-23-3-5-25(6-4-23)29-11-12-48(36(52)57-16-14-55-15-17-58-50(53)54)22-30(29)35(51)49(28-7-8-28)21-24-18-26(37(42,43)44)20-27(19-24)38(45,46)47/h3-6,9-11,18-20,28,30H,1-2,7-8,12-17,21-22H2. The highest BCUT2D eigenvalue weighted by molar-refractivity contribution is 5.94. The van der Waals surface area contributed by atoms with Crippen molar-refractivity contribution < 1.29 is 73.2 Å². The summed E-state index contributed by atoms with van der Waals surface area (Å²) >= 11 is 0. The molecule has 1 aliphatic carbocycles. The molecule has 1 saturated carbocycles. The minimum Gasteiger partial charge on any atom is -0.488 e. The highest BCUT2D eigenvalue weighted by atomic mass is 19.4. The van der Waals surface area contributed by atoms with Crippen molar-refractivity contribution in [1.82, 2.24) is 9.80 Å². The van der Waals surface area contributed by atoms with Gasteiger partial charge in [0.2, 0.25) is 11.7 Å². The molecule has 0 spiro atoms. The van der Waals surface area contributed by atoms with Crippen molar-refractivity contribution in [3.8, 4) is 5.75 Å². The van der Waals surface area contributed by atoms with Crippen LogP contribution in [0.5, 0.6) is 5.75 Å². The number of benzene rings is 3. The molecule has 0 N–H and O–H groups in total. The first-order chi connectivity index (χ1) is 27.4. The van der Waals surface area contributed by atoms with Crippen LogP contribution >= 0.6 is 0 Å². The van der Waals surface area contributed by atoms with E-state index in [-0.39, 0.29) is 64.2 Å². The topological polar surface area (TPSA) is 121 Å². The molecule has 314 valence electrons. The molecule has 1 aliphatic heterocycles. The summed E-state index contributed by atoms with van der Waals surface area (Å²) in [7, 11) is 0. The number of aryl methyl sites for hydroxylation is 1. The van der Waals surface area contributed by atoms with Gasteiger partial charge in [-0.2, -0.15) is 30.7 Å². The Morgan fingerprint density at radius 3 is 2.09 bits per heavy atom. The Kier molecular flexibility index (Phi) is 14.1. The van der Waals surface area contributed by atoms with Crippen molar-refractivity contribution in [2.24, 2.45) is 5.92 Å². The van der Waals surface area contributed by atoms with Crippen molar-refractivity contribution in [2.75, 3.05) is 46.1 Å². The van der Waals surface area contributed by atoms with E-state index in [0.717, 1.165) is 11.6 Å². The summed E-state index contributed by atoms with van der Waals surface area (Å²) in [6, 6.07) is 8.79. The lowest BCUT2D eigenvalue weighted by atomic mass is 9.87. The summed E-state index contributed by atoms with van der Waals surface area (Å²) in [5.41, 5.74) is -1.74. The quantitative estimate of drug-likeness (QED) is 0.0441. The van der Waals surface area contributed by atoms with E-state index in [4.69, 9.17) is 14.2 Å². The summed E-state index contributed by atoms with van der Waals surface area (Å²) in [5.74, 6) is -6.40. The van der Waals surface area contributed by atoms with Crippen LogP contribution in [0.15, 0.2) is 60.7 Å². The van der Waals surface area contributed by atoms with E-state index in [1.807, 2.05) is 0 Å². The summed E-state index contributed by atoms with van der Waals surface area (Å²) < 4.78 is 139. The van der Waals surface area contributed by atoms with Crippen molar-refractivity contribution in [1.29, 1.82) is 0 Å². The number of nitrogens with zero attached hydrogens (tertiary/aromatic N) is 3. The van der Waals surface area contributed by atoms with Crippen LogP contribution in [0.1, 0.15) is 47.1 Å². The van der Waals surface area contributed by atoms with Crippen LogP contribution in [0.2, 0.25) is 0 Å². The van der Waals surface area contributed by atoms with Gasteiger partial charge in [-0.05, 0) is 78.3 Å². The van der Waals surface area contributed by atoms with Gasteiger partial charge in [0.1, 0.15) is 13.2 Å². The largest absolute Gasteiger partial charge is 0.488 e. The molecular weight excluding hydrogens is 797 g/mol. The number of rotatable bonds is 17. The van der Waals surface area contributed by atoms with Crippen LogP contribution in [0, 0.1) is 33.5 Å². The molecule has 5 rings (SSSR count). The fourth-order valence-electron chi connectivity index (χ4n) is 6.21. The van der Waals surface area contributed by atoms with Crippen LogP contribution in [-0.2, 0) is 44.4 Å². The van der Waals surface area contributed by atoms with Crippen LogP contribution in [0.4, 0.5) is 44.3 Å². The molecule has 58 heavy (non-hydrogen) atoms. The minimum atomic E-state index is -5.10. The SMILES string of the molecule is O=C(OCCOCCO[N+](=O)[O-])N1CC=C(c2ccc(CCCOc3c(F)ccc(F)c3F)cc2)C(C(=O)N(Cc2cc(C(F)(F)F)cc(C(F)(F)F)c2)C2CC2)C1. The fraction of sp³-hybridized carbons (Fsp3) is 0.421. The van der Waals surface area contributed by atoms with Gasteiger partial charge in [0, 0.05) is 25.7 Å². The van der Waals surface area contributed by atoms with E-state index in [2.05, 4.69) is 4.84 Å². The zero-order chi connectivity index (χ0) is 42.2. The van der Waals surface area contributed by atoms with E-state index in [0.29, 0.717) is 48.6 Å². The second kappa shape index (κ2) is 18.8. The van der Waals surface area contributed by atoms with E-state index in [1.54, 1.807) is 30.3 Å². The summed E-state index contributed by atoms with van der Waals surface area (Å²) in [4.78, 5) is 44.3. The van der Waals surface area contributed by atoms with Gasteiger partial charge in [0.25, 0.3) is 5.09 Å². The van der Waals surface area contributed by atoms with Gasteiger partial charge in [0.05, 0.1) is 36.9 Å². The maximum atomic E-state index is 14.4. The number of amides is 2. The number of ether oxygens (including phenoxy) is 3. The Bertz CT molecular complexity index is 1940. The van der Waals surface area contributed by atoms with Gasteiger partial charge in [0.15, 0.2) is 17.4 Å². The average Bonchev–Trinajstić information content (AvgIpc) is 4.02. The lowest BCUT2D eigenvalue weighted by Crippen LogP contribution is -2.47. The van der Waals surface area contributed by atoms with Crippen molar-refractivity contribution in [2.45, 2.75) is 50.6 Å². The van der Waals surface area contributed by atoms with Crippen LogP contribution in [0.3, 0.4) is 0 Å². The lowest BCUT2D eigenvalue weighted by molar-refractivity contribution is -0.758. The Hall–Kier alpha value is -5.53. The van der Waals surface area contributed by atoms with Gasteiger partial charge >= 0.3 is 18.4 Å². The van der Waals surface area contributed by atoms with Crippen LogP contribution in [-0.4, -0.2) is 79.1 Å². The predicted molar refractivity (Wildman–Crippen MR) is 185 cm³/mol. The molecule has 2 aliphatic rings. The third kappa shape index (κ3) is 11.8. The number of hydrogen-bond acceptors (Lipinski definition) is 8. The maximum Gasteiger partial charge on any atom is 0.416 e. The minimum absolute atomic E-state index is 0.00437. The molecule has 1 heterocycles. The van der Waals surface area contributed by atoms with Gasteiger partial charge in [-0.15, -0.1) is 10.1 Å². The third-order valence-corrected chi connectivity index (χ3v) is 9.16. The van der Waals surface area contributed by atoms with E-state index < -0.39 is 82.3 Å². The number of halogens is 9. The van der Waals surface area contributed by atoms with Gasteiger partial charge < -0.3 is 28.8 Å². The number of carbonyl (C=O) groups excluding carboxylic acids is 2. The zero-order valence-corrected chi connectivity index (χ0v) is 30.4. The first-order valence-electron chi connectivity index (χ1n) is 17.8. The van der Waals surface area contributed by atoms with Crippen molar-refractivity contribution >= 4 is 17.6 Å². The third-order valence-electron chi connectivity index (χ3n) is 9.16. The smallest absolute Gasteiger partial charge is 0.416 e. The molecule has 3 aromatic rings. The first-order valence-corrected chi connectivity index (χ1v) is 17.8. The summed E-state index contributed by atoms with van der Waals surface area (Å²) in [6.45, 7) is -1.98. The molecule has 0 saturated heterocycles. The Morgan fingerprint density at radius 2 is 1.47 bits per heavy atom. The Morgan fingerprint density at radius 1 is 0.828 bits per heavy atom. The first kappa shape index (κ1) is 43.6. The van der Waals surface area contributed by atoms with E-state index in [1.165, 1.54) is 9.80 Å². The van der Waals surface area contributed by atoms with E-state index >= 15 is 0 Å². The summed E-state index contributed by atoms with van der Waals surface area (Å²) in [5, 5.41) is 9.25. The number of alkyl halides is 6. The molecule has 11 nitrogen and oxygen atoms in total. The second-order valence-electron chi connectivity index (χ2n) is 13.3. The Balaban J connectivity index is 1.33. The van der Waals surface area contributed by atoms with Crippen molar-refractivity contribution in [3.05, 3.63) is 116 Å². The number of carbonyl (C=O) groups is 2. The second-order valence-corrected chi connectivity index (χ2v) is 13.3. The molecule has 20 heteroatoms. The monoisotopic (exact) mass is 833 g/mol. The molecule has 3 aromatic carbocycles. The molecular formula is C38H36F9N3O8. The number of hydrogen-bond donors (Lipinski definition) is 0. The van der Waals surface area contributed by atoms with Gasteiger partial charge in [-0.1, -0.05) is 30.3 Å². The normalized spacial score (nSPS) is 15.8. The predicted octanol–water partition coefficient (Wildman–Crippen LogP) is 8.02. The lowest BCUT2D eigenvalue weighted by Gasteiger charge is -2.35. The molecule has 1 unspecified atom stereocenters. The molecule has 0 radical (unpaired) electrons.